The Kier molecular flexibility index (Phi) is 3.20. The molecule has 1 aliphatic rings. The lowest BCUT2D eigenvalue weighted by Gasteiger charge is -2.23. The predicted octanol–water partition coefficient (Wildman–Crippen LogP) is 4.25. The Morgan fingerprint density at radius 2 is 1.92 bits per heavy atom. The van der Waals surface area contributed by atoms with Crippen LogP contribution < -0.4 is 0 Å². The van der Waals surface area contributed by atoms with Crippen LogP contribution in [0.25, 0.3) is 0 Å². The molecule has 1 aliphatic carbocycles. The summed E-state index contributed by atoms with van der Waals surface area (Å²) in [5.74, 6) is 1.99. The van der Waals surface area contributed by atoms with Gasteiger partial charge in [-0.05, 0) is 36.5 Å². The van der Waals surface area contributed by atoms with Gasteiger partial charge in [0.15, 0.2) is 0 Å². The van der Waals surface area contributed by atoms with Gasteiger partial charge in [0, 0.05) is 0 Å². The Labute approximate surface area is 77.7 Å². The van der Waals surface area contributed by atoms with E-state index in [-0.39, 0.29) is 0 Å². The van der Waals surface area contributed by atoms with Crippen molar-refractivity contribution in [2.45, 2.75) is 59.8 Å². The van der Waals surface area contributed by atoms with Crippen molar-refractivity contribution in [3.63, 3.8) is 0 Å². The van der Waals surface area contributed by atoms with Gasteiger partial charge in [0.2, 0.25) is 0 Å². The van der Waals surface area contributed by atoms with E-state index in [4.69, 9.17) is 0 Å². The van der Waals surface area contributed by atoms with Crippen molar-refractivity contribution in [2.24, 2.45) is 17.3 Å². The van der Waals surface area contributed by atoms with Crippen molar-refractivity contribution in [1.29, 1.82) is 0 Å². The zero-order valence-electron chi connectivity index (χ0n) is 9.19. The Morgan fingerprint density at radius 3 is 2.33 bits per heavy atom. The minimum absolute atomic E-state index is 0.689. The quantitative estimate of drug-likeness (QED) is 0.591. The largest absolute Gasteiger partial charge is 0.0654 e. The molecule has 72 valence electrons. The van der Waals surface area contributed by atoms with E-state index < -0.39 is 0 Å². The van der Waals surface area contributed by atoms with E-state index in [1.807, 2.05) is 0 Å². The average molecular weight is 168 g/mol. The minimum Gasteiger partial charge on any atom is -0.0654 e. The van der Waals surface area contributed by atoms with Gasteiger partial charge < -0.3 is 0 Å². The van der Waals surface area contributed by atoms with Crippen LogP contribution in [0.1, 0.15) is 59.8 Å². The highest BCUT2D eigenvalue weighted by Crippen LogP contribution is 2.48. The van der Waals surface area contributed by atoms with E-state index in [1.165, 1.54) is 32.1 Å². The van der Waals surface area contributed by atoms with Crippen LogP contribution in [-0.4, -0.2) is 0 Å². The summed E-state index contributed by atoms with van der Waals surface area (Å²) in [6.07, 6.45) is 7.14. The van der Waals surface area contributed by atoms with Crippen molar-refractivity contribution in [3.8, 4) is 0 Å². The molecule has 0 aromatic rings. The molecule has 12 heavy (non-hydrogen) atoms. The molecular weight excluding hydrogens is 144 g/mol. The standard InChI is InChI=1S/C12H24/c1-5-7-12(4)8-10(3)11(6-2)9-12/h10-11H,5-9H2,1-4H3. The summed E-state index contributed by atoms with van der Waals surface area (Å²) in [4.78, 5) is 0. The Hall–Kier alpha value is 0. The summed E-state index contributed by atoms with van der Waals surface area (Å²) in [7, 11) is 0. The van der Waals surface area contributed by atoms with Crippen molar-refractivity contribution in [3.05, 3.63) is 0 Å². The highest BCUT2D eigenvalue weighted by molar-refractivity contribution is 4.88. The fraction of sp³-hybridized carbons (Fsp3) is 1.00. The fourth-order valence-electron chi connectivity index (χ4n) is 3.22. The molecule has 0 aromatic heterocycles. The number of rotatable bonds is 3. The maximum atomic E-state index is 2.49. The molecule has 0 spiro atoms. The van der Waals surface area contributed by atoms with Crippen LogP contribution in [0.3, 0.4) is 0 Å². The summed E-state index contributed by atoms with van der Waals surface area (Å²) >= 11 is 0. The van der Waals surface area contributed by atoms with Gasteiger partial charge in [0.25, 0.3) is 0 Å². The molecule has 0 amide bonds. The minimum atomic E-state index is 0.689. The molecular formula is C12H24. The first-order valence-electron chi connectivity index (χ1n) is 5.61. The molecule has 0 nitrogen and oxygen atoms in total. The molecule has 1 rings (SSSR count). The predicted molar refractivity (Wildman–Crippen MR) is 55.2 cm³/mol. The molecule has 0 N–H and O–H groups in total. The second-order valence-electron chi connectivity index (χ2n) is 5.11. The highest BCUT2D eigenvalue weighted by Gasteiger charge is 2.37. The van der Waals surface area contributed by atoms with Crippen molar-refractivity contribution in [2.75, 3.05) is 0 Å². The van der Waals surface area contributed by atoms with E-state index in [2.05, 4.69) is 27.7 Å². The molecule has 1 saturated carbocycles. The van der Waals surface area contributed by atoms with E-state index in [1.54, 1.807) is 0 Å². The molecule has 0 heteroatoms. The zero-order valence-corrected chi connectivity index (χ0v) is 9.19. The maximum absolute atomic E-state index is 2.49. The summed E-state index contributed by atoms with van der Waals surface area (Å²) in [6, 6.07) is 0. The first-order chi connectivity index (χ1) is 5.61. The number of hydrogen-bond acceptors (Lipinski definition) is 0. The van der Waals surface area contributed by atoms with Crippen LogP contribution in [0.5, 0.6) is 0 Å². The third-order valence-corrected chi connectivity index (χ3v) is 3.75. The van der Waals surface area contributed by atoms with Crippen molar-refractivity contribution in [1.82, 2.24) is 0 Å². The normalized spacial score (nSPS) is 42.0. The van der Waals surface area contributed by atoms with Crippen molar-refractivity contribution < 1.29 is 0 Å². The van der Waals surface area contributed by atoms with Crippen LogP contribution in [0.4, 0.5) is 0 Å². The smallest absolute Gasteiger partial charge is 0.0321 e. The maximum Gasteiger partial charge on any atom is -0.0321 e. The van der Waals surface area contributed by atoms with Gasteiger partial charge in [-0.25, -0.2) is 0 Å². The second kappa shape index (κ2) is 3.81. The molecule has 0 aromatic carbocycles. The van der Waals surface area contributed by atoms with Crippen LogP contribution >= 0.6 is 0 Å². The van der Waals surface area contributed by atoms with E-state index >= 15 is 0 Å². The molecule has 0 aliphatic heterocycles. The molecule has 3 unspecified atom stereocenters. The lowest BCUT2D eigenvalue weighted by molar-refractivity contribution is 0.288. The first kappa shape index (κ1) is 10.1. The molecule has 1 fully saturated rings. The molecule has 3 atom stereocenters. The SMILES string of the molecule is CCCC1(C)CC(C)C(CC)C1. The summed E-state index contributed by atoms with van der Waals surface area (Å²) in [6.45, 7) is 9.59. The zero-order chi connectivity index (χ0) is 9.19. The van der Waals surface area contributed by atoms with Gasteiger partial charge in [-0.3, -0.25) is 0 Å². The molecule has 0 bridgehead atoms. The van der Waals surface area contributed by atoms with Gasteiger partial charge in [-0.15, -0.1) is 0 Å². The van der Waals surface area contributed by atoms with E-state index in [0.717, 1.165) is 11.8 Å². The van der Waals surface area contributed by atoms with Gasteiger partial charge >= 0.3 is 0 Å². The van der Waals surface area contributed by atoms with E-state index in [0.29, 0.717) is 5.41 Å². The van der Waals surface area contributed by atoms with Gasteiger partial charge in [0.1, 0.15) is 0 Å². The van der Waals surface area contributed by atoms with E-state index in [9.17, 15) is 0 Å². The lowest BCUT2D eigenvalue weighted by atomic mass is 9.83. The monoisotopic (exact) mass is 168 g/mol. The summed E-state index contributed by atoms with van der Waals surface area (Å²) in [5, 5.41) is 0. The van der Waals surface area contributed by atoms with Gasteiger partial charge in [-0.1, -0.05) is 40.5 Å². The summed E-state index contributed by atoms with van der Waals surface area (Å²) in [5.41, 5.74) is 0.689. The van der Waals surface area contributed by atoms with Crippen molar-refractivity contribution >= 4 is 0 Å². The Morgan fingerprint density at radius 1 is 1.25 bits per heavy atom. The second-order valence-corrected chi connectivity index (χ2v) is 5.11. The van der Waals surface area contributed by atoms with Gasteiger partial charge in [-0.2, -0.15) is 0 Å². The number of hydrogen-bond donors (Lipinski definition) is 0. The average Bonchev–Trinajstić information content (AvgIpc) is 2.27. The molecule has 0 radical (unpaired) electrons. The topological polar surface area (TPSA) is 0 Å². The Bertz CT molecular complexity index is 139. The fourth-order valence-corrected chi connectivity index (χ4v) is 3.22. The third kappa shape index (κ3) is 2.02. The Balaban J connectivity index is 2.51. The lowest BCUT2D eigenvalue weighted by Crippen LogP contribution is -2.11. The summed E-state index contributed by atoms with van der Waals surface area (Å²) < 4.78 is 0. The van der Waals surface area contributed by atoms with Crippen LogP contribution in [0.15, 0.2) is 0 Å². The molecule has 0 saturated heterocycles. The molecule has 0 heterocycles. The highest BCUT2D eigenvalue weighted by atomic mass is 14.4. The van der Waals surface area contributed by atoms with Crippen LogP contribution in [-0.2, 0) is 0 Å². The third-order valence-electron chi connectivity index (χ3n) is 3.75. The first-order valence-corrected chi connectivity index (χ1v) is 5.61. The van der Waals surface area contributed by atoms with Gasteiger partial charge in [0.05, 0.1) is 0 Å². The van der Waals surface area contributed by atoms with Crippen LogP contribution in [0, 0.1) is 17.3 Å². The van der Waals surface area contributed by atoms with Crippen LogP contribution in [0.2, 0.25) is 0 Å².